The van der Waals surface area contributed by atoms with E-state index in [9.17, 15) is 13.2 Å². The van der Waals surface area contributed by atoms with Crippen molar-refractivity contribution in [3.8, 4) is 0 Å². The van der Waals surface area contributed by atoms with Gasteiger partial charge >= 0.3 is 6.03 Å². The Morgan fingerprint density at radius 1 is 0.968 bits per heavy atom. The average Bonchev–Trinajstić information content (AvgIpc) is 3.12. The number of hydrogen-bond acceptors (Lipinski definition) is 5. The summed E-state index contributed by atoms with van der Waals surface area (Å²) in [4.78, 5) is 16.1. The molecule has 4 rings (SSSR count). The van der Waals surface area contributed by atoms with Crippen LogP contribution >= 0.6 is 11.3 Å². The van der Waals surface area contributed by atoms with E-state index in [2.05, 4.69) is 36.3 Å². The molecule has 0 saturated carbocycles. The van der Waals surface area contributed by atoms with Gasteiger partial charge in [-0.1, -0.05) is 57.2 Å². The molecule has 2 amide bonds. The van der Waals surface area contributed by atoms with Crippen molar-refractivity contribution in [2.75, 3.05) is 40.1 Å². The molecule has 0 radical (unpaired) electrons. The summed E-state index contributed by atoms with van der Waals surface area (Å²) in [7, 11) is -2.98. The Hall–Kier alpha value is -2.58. The van der Waals surface area contributed by atoms with Crippen molar-refractivity contribution in [1.29, 1.82) is 0 Å². The lowest BCUT2D eigenvalue weighted by atomic mass is 9.95. The number of rotatable bonds is 3. The Balaban J connectivity index is 1.59. The molecule has 0 unspecified atom stereocenters. The number of anilines is 3. The van der Waals surface area contributed by atoms with Crippen LogP contribution in [-0.4, -0.2) is 39.0 Å². The van der Waals surface area contributed by atoms with Crippen LogP contribution in [0.25, 0.3) is 10.8 Å². The SMILES string of the molecule is CC(C)(C)c1cc(NC(=O)Nc2cccc3ccccc23)c(N2CCS(=O)(=O)CC2)s1. The minimum atomic E-state index is -2.98. The van der Waals surface area contributed by atoms with Gasteiger partial charge in [0.25, 0.3) is 0 Å². The summed E-state index contributed by atoms with van der Waals surface area (Å²) >= 11 is 1.61. The first kappa shape index (κ1) is 21.6. The topological polar surface area (TPSA) is 78.5 Å². The molecule has 6 nitrogen and oxygen atoms in total. The minimum Gasteiger partial charge on any atom is -0.360 e. The molecule has 164 valence electrons. The molecule has 0 spiro atoms. The Labute approximate surface area is 187 Å². The fourth-order valence-electron chi connectivity index (χ4n) is 3.60. The molecule has 0 bridgehead atoms. The molecule has 1 aliphatic heterocycles. The highest BCUT2D eigenvalue weighted by molar-refractivity contribution is 7.91. The molecular formula is C23H27N3O3S2. The zero-order valence-electron chi connectivity index (χ0n) is 17.9. The van der Waals surface area contributed by atoms with Crippen LogP contribution in [0.15, 0.2) is 48.5 Å². The van der Waals surface area contributed by atoms with Crippen LogP contribution in [0.3, 0.4) is 0 Å². The zero-order chi connectivity index (χ0) is 22.2. The molecule has 0 aliphatic carbocycles. The highest BCUT2D eigenvalue weighted by Gasteiger charge is 2.28. The third-order valence-corrected chi connectivity index (χ3v) is 8.60. The second kappa shape index (κ2) is 8.16. The van der Waals surface area contributed by atoms with Gasteiger partial charge in [0.2, 0.25) is 0 Å². The van der Waals surface area contributed by atoms with Gasteiger partial charge in [-0.3, -0.25) is 0 Å². The van der Waals surface area contributed by atoms with Crippen LogP contribution in [-0.2, 0) is 15.3 Å². The van der Waals surface area contributed by atoms with Crippen molar-refractivity contribution in [1.82, 2.24) is 0 Å². The fourth-order valence-corrected chi connectivity index (χ4v) is 6.03. The standard InChI is InChI=1S/C23H27N3O3S2/c1-23(2,3)20-15-19(21(30-20)26-11-13-31(28,29)14-12-26)25-22(27)24-18-10-6-8-16-7-4-5-9-17(16)18/h4-10,15H,11-14H2,1-3H3,(H2,24,25,27). The Morgan fingerprint density at radius 2 is 1.61 bits per heavy atom. The second-order valence-corrected chi connectivity index (χ2v) is 12.2. The smallest absolute Gasteiger partial charge is 0.323 e. The fraction of sp³-hybridized carbons (Fsp3) is 0.348. The van der Waals surface area contributed by atoms with E-state index in [0.29, 0.717) is 18.8 Å². The van der Waals surface area contributed by atoms with Gasteiger partial charge in [0.05, 0.1) is 22.9 Å². The van der Waals surface area contributed by atoms with E-state index in [-0.39, 0.29) is 23.0 Å². The minimum absolute atomic E-state index is 0.0761. The summed E-state index contributed by atoms with van der Waals surface area (Å²) < 4.78 is 23.7. The van der Waals surface area contributed by atoms with Crippen molar-refractivity contribution in [3.05, 3.63) is 53.4 Å². The van der Waals surface area contributed by atoms with Crippen LogP contribution in [0, 0.1) is 0 Å². The number of fused-ring (bicyclic) bond motifs is 1. The lowest BCUT2D eigenvalue weighted by Crippen LogP contribution is -2.40. The van der Waals surface area contributed by atoms with Gasteiger partial charge in [0.1, 0.15) is 5.00 Å². The maximum atomic E-state index is 12.9. The van der Waals surface area contributed by atoms with E-state index < -0.39 is 9.84 Å². The molecule has 1 fully saturated rings. The lowest BCUT2D eigenvalue weighted by molar-refractivity contribution is 0.262. The summed E-state index contributed by atoms with van der Waals surface area (Å²) in [6.45, 7) is 7.26. The molecule has 2 heterocycles. The first-order valence-electron chi connectivity index (χ1n) is 10.3. The molecule has 1 aliphatic rings. The van der Waals surface area contributed by atoms with Crippen molar-refractivity contribution >= 4 is 54.4 Å². The number of sulfone groups is 1. The van der Waals surface area contributed by atoms with Crippen LogP contribution in [0.2, 0.25) is 0 Å². The zero-order valence-corrected chi connectivity index (χ0v) is 19.6. The molecule has 3 aromatic rings. The Bertz CT molecular complexity index is 1210. The van der Waals surface area contributed by atoms with Gasteiger partial charge in [-0.15, -0.1) is 11.3 Å². The van der Waals surface area contributed by atoms with Crippen LogP contribution in [0.1, 0.15) is 25.6 Å². The van der Waals surface area contributed by atoms with E-state index in [1.165, 1.54) is 0 Å². The summed E-state index contributed by atoms with van der Waals surface area (Å²) in [5, 5.41) is 8.91. The highest BCUT2D eigenvalue weighted by atomic mass is 32.2. The lowest BCUT2D eigenvalue weighted by Gasteiger charge is -2.28. The summed E-state index contributed by atoms with van der Waals surface area (Å²) in [6, 6.07) is 15.4. The largest absolute Gasteiger partial charge is 0.360 e. The van der Waals surface area contributed by atoms with E-state index in [0.717, 1.165) is 26.3 Å². The van der Waals surface area contributed by atoms with Gasteiger partial charge < -0.3 is 15.5 Å². The summed E-state index contributed by atoms with van der Waals surface area (Å²) in [5.74, 6) is 0.273. The molecule has 1 aromatic heterocycles. The highest BCUT2D eigenvalue weighted by Crippen LogP contribution is 2.42. The molecular weight excluding hydrogens is 430 g/mol. The number of benzene rings is 2. The molecule has 31 heavy (non-hydrogen) atoms. The monoisotopic (exact) mass is 457 g/mol. The molecule has 0 atom stereocenters. The first-order chi connectivity index (χ1) is 14.6. The molecule has 8 heteroatoms. The number of amides is 2. The van der Waals surface area contributed by atoms with Gasteiger partial charge in [-0.05, 0) is 22.9 Å². The van der Waals surface area contributed by atoms with Gasteiger partial charge in [-0.2, -0.15) is 0 Å². The van der Waals surface area contributed by atoms with Crippen molar-refractivity contribution in [3.63, 3.8) is 0 Å². The van der Waals surface area contributed by atoms with Crippen molar-refractivity contribution in [2.24, 2.45) is 0 Å². The number of thiophene rings is 1. The van der Waals surface area contributed by atoms with Crippen molar-refractivity contribution in [2.45, 2.75) is 26.2 Å². The van der Waals surface area contributed by atoms with E-state index in [1.54, 1.807) is 11.3 Å². The molecule has 2 aromatic carbocycles. The average molecular weight is 458 g/mol. The number of nitrogens with zero attached hydrogens (tertiary/aromatic N) is 1. The van der Waals surface area contributed by atoms with Crippen LogP contribution < -0.4 is 15.5 Å². The van der Waals surface area contributed by atoms with Crippen LogP contribution in [0.5, 0.6) is 0 Å². The van der Waals surface area contributed by atoms with Gasteiger partial charge in [0.15, 0.2) is 9.84 Å². The quantitative estimate of drug-likeness (QED) is 0.575. The predicted octanol–water partition coefficient (Wildman–Crippen LogP) is 5.08. The third kappa shape index (κ3) is 4.85. The van der Waals surface area contributed by atoms with E-state index in [4.69, 9.17) is 0 Å². The second-order valence-electron chi connectivity index (χ2n) is 8.82. The maximum absolute atomic E-state index is 12.9. The van der Waals surface area contributed by atoms with Gasteiger partial charge in [0, 0.05) is 23.4 Å². The molecule has 1 saturated heterocycles. The van der Waals surface area contributed by atoms with E-state index in [1.807, 2.05) is 48.5 Å². The number of hydrogen-bond donors (Lipinski definition) is 2. The number of nitrogens with one attached hydrogen (secondary N) is 2. The first-order valence-corrected chi connectivity index (χ1v) is 12.9. The van der Waals surface area contributed by atoms with Crippen LogP contribution in [0.4, 0.5) is 21.2 Å². The molecule has 2 N–H and O–H groups in total. The predicted molar refractivity (Wildman–Crippen MR) is 130 cm³/mol. The Morgan fingerprint density at radius 3 is 2.32 bits per heavy atom. The van der Waals surface area contributed by atoms with Gasteiger partial charge in [-0.25, -0.2) is 13.2 Å². The number of carbonyl (C=O) groups excluding carboxylic acids is 1. The Kier molecular flexibility index (Phi) is 5.70. The normalized spacial score (nSPS) is 16.3. The maximum Gasteiger partial charge on any atom is 0.323 e. The number of urea groups is 1. The van der Waals surface area contributed by atoms with E-state index >= 15 is 0 Å². The number of carbonyl (C=O) groups is 1. The van der Waals surface area contributed by atoms with Crippen molar-refractivity contribution < 1.29 is 13.2 Å². The summed E-state index contributed by atoms with van der Waals surface area (Å²) in [6.07, 6.45) is 0. The third-order valence-electron chi connectivity index (χ3n) is 5.37. The summed E-state index contributed by atoms with van der Waals surface area (Å²) in [5.41, 5.74) is 1.38.